The second-order valence-electron chi connectivity index (χ2n) is 5.66. The molecule has 2 heterocycles. The molecule has 1 aromatic rings. The molecule has 1 amide bonds. The number of hydrogen-bond donors (Lipinski definition) is 1. The Kier molecular flexibility index (Phi) is 5.06. The molecular formula is C15H24N4O. The zero-order chi connectivity index (χ0) is 14.5. The van der Waals surface area contributed by atoms with E-state index in [0.717, 1.165) is 30.3 Å². The molecule has 0 radical (unpaired) electrons. The van der Waals surface area contributed by atoms with Gasteiger partial charge in [-0.05, 0) is 38.8 Å². The van der Waals surface area contributed by atoms with E-state index in [0.29, 0.717) is 18.8 Å². The van der Waals surface area contributed by atoms with Gasteiger partial charge in [0, 0.05) is 44.4 Å². The maximum atomic E-state index is 11.7. The quantitative estimate of drug-likeness (QED) is 0.900. The molecule has 1 aromatic heterocycles. The van der Waals surface area contributed by atoms with Crippen molar-refractivity contribution in [2.24, 2.45) is 0 Å². The maximum Gasteiger partial charge on any atom is 0.222 e. The van der Waals surface area contributed by atoms with E-state index in [4.69, 9.17) is 0 Å². The number of aryl methyl sites for hydroxylation is 2. The summed E-state index contributed by atoms with van der Waals surface area (Å²) < 4.78 is 0. The van der Waals surface area contributed by atoms with Crippen LogP contribution in [0.1, 0.15) is 42.4 Å². The van der Waals surface area contributed by atoms with Gasteiger partial charge in [-0.1, -0.05) is 0 Å². The number of nitrogens with one attached hydrogen (secondary N) is 1. The molecule has 5 heteroatoms. The van der Waals surface area contributed by atoms with Crippen molar-refractivity contribution in [2.45, 2.75) is 38.5 Å². The van der Waals surface area contributed by atoms with Gasteiger partial charge in [0.2, 0.25) is 5.91 Å². The van der Waals surface area contributed by atoms with E-state index >= 15 is 0 Å². The van der Waals surface area contributed by atoms with Crippen LogP contribution in [0.15, 0.2) is 6.07 Å². The summed E-state index contributed by atoms with van der Waals surface area (Å²) in [5.74, 6) is 1.43. The average Bonchev–Trinajstić information content (AvgIpc) is 2.45. The van der Waals surface area contributed by atoms with Gasteiger partial charge in [-0.2, -0.15) is 0 Å². The van der Waals surface area contributed by atoms with Gasteiger partial charge in [0.05, 0.1) is 0 Å². The van der Waals surface area contributed by atoms with Gasteiger partial charge in [-0.3, -0.25) is 4.79 Å². The summed E-state index contributed by atoms with van der Waals surface area (Å²) in [4.78, 5) is 22.3. The maximum absolute atomic E-state index is 11.7. The lowest BCUT2D eigenvalue weighted by atomic mass is 9.95. The fourth-order valence-electron chi connectivity index (χ4n) is 2.56. The molecule has 1 aliphatic rings. The topological polar surface area (TPSA) is 58.1 Å². The fourth-order valence-corrected chi connectivity index (χ4v) is 2.56. The molecule has 20 heavy (non-hydrogen) atoms. The highest BCUT2D eigenvalue weighted by molar-refractivity contribution is 5.75. The predicted molar refractivity (Wildman–Crippen MR) is 78.6 cm³/mol. The number of carbonyl (C=O) groups is 1. The highest BCUT2D eigenvalue weighted by Crippen LogP contribution is 2.22. The Morgan fingerprint density at radius 1 is 1.45 bits per heavy atom. The van der Waals surface area contributed by atoms with Crippen molar-refractivity contribution < 1.29 is 4.79 Å². The average molecular weight is 276 g/mol. The van der Waals surface area contributed by atoms with E-state index < -0.39 is 0 Å². The Hall–Kier alpha value is -1.49. The largest absolute Gasteiger partial charge is 0.349 e. The van der Waals surface area contributed by atoms with Crippen LogP contribution in [0, 0.1) is 6.92 Å². The zero-order valence-corrected chi connectivity index (χ0v) is 12.6. The Bertz CT molecular complexity index is 467. The van der Waals surface area contributed by atoms with Crippen LogP contribution in [0.5, 0.6) is 0 Å². The highest BCUT2D eigenvalue weighted by atomic mass is 16.2. The van der Waals surface area contributed by atoms with E-state index in [1.165, 1.54) is 12.8 Å². The van der Waals surface area contributed by atoms with Crippen LogP contribution < -0.4 is 5.32 Å². The van der Waals surface area contributed by atoms with E-state index in [1.807, 2.05) is 6.92 Å². The second-order valence-corrected chi connectivity index (χ2v) is 5.66. The molecular weight excluding hydrogens is 252 g/mol. The van der Waals surface area contributed by atoms with Crippen LogP contribution in [0.4, 0.5) is 0 Å². The smallest absolute Gasteiger partial charge is 0.222 e. The minimum atomic E-state index is 0.141. The molecule has 0 spiro atoms. The molecule has 0 bridgehead atoms. The van der Waals surface area contributed by atoms with Crippen LogP contribution in [0.25, 0.3) is 0 Å². The third kappa shape index (κ3) is 4.00. The first kappa shape index (κ1) is 14.9. The summed E-state index contributed by atoms with van der Waals surface area (Å²) in [6.45, 7) is 4.02. The van der Waals surface area contributed by atoms with Crippen molar-refractivity contribution in [1.29, 1.82) is 0 Å². The lowest BCUT2D eigenvalue weighted by Crippen LogP contribution is -2.29. The minimum Gasteiger partial charge on any atom is -0.349 e. The lowest BCUT2D eigenvalue weighted by Gasteiger charge is -2.22. The highest BCUT2D eigenvalue weighted by Gasteiger charge is 2.18. The number of piperidine rings is 1. The molecule has 1 atom stereocenters. The first-order chi connectivity index (χ1) is 9.56. The van der Waals surface area contributed by atoms with Gasteiger partial charge in [0.25, 0.3) is 0 Å². The molecule has 0 aliphatic carbocycles. The van der Waals surface area contributed by atoms with E-state index in [-0.39, 0.29) is 5.91 Å². The second kappa shape index (κ2) is 6.79. The number of aromatic nitrogens is 2. The molecule has 110 valence electrons. The molecule has 5 nitrogen and oxygen atoms in total. The van der Waals surface area contributed by atoms with Gasteiger partial charge in [-0.25, -0.2) is 9.97 Å². The van der Waals surface area contributed by atoms with Crippen LogP contribution in [-0.2, 0) is 11.2 Å². The Morgan fingerprint density at radius 3 is 2.90 bits per heavy atom. The summed E-state index contributed by atoms with van der Waals surface area (Å²) in [6.07, 6.45) is 3.57. The fraction of sp³-hybridized carbons (Fsp3) is 0.667. The SMILES string of the molecule is Cc1nc(CCC(=O)N(C)C)cc(C2CCCNC2)n1. The Morgan fingerprint density at radius 2 is 2.25 bits per heavy atom. The zero-order valence-electron chi connectivity index (χ0n) is 12.6. The minimum absolute atomic E-state index is 0.141. The number of nitrogens with zero attached hydrogens (tertiary/aromatic N) is 3. The predicted octanol–water partition coefficient (Wildman–Crippen LogP) is 1.27. The first-order valence-corrected chi connectivity index (χ1v) is 7.31. The molecule has 0 aromatic carbocycles. The van der Waals surface area contributed by atoms with Crippen LogP contribution in [0.2, 0.25) is 0 Å². The van der Waals surface area contributed by atoms with Crippen molar-refractivity contribution in [3.8, 4) is 0 Å². The van der Waals surface area contributed by atoms with Gasteiger partial charge >= 0.3 is 0 Å². The monoisotopic (exact) mass is 276 g/mol. The van der Waals surface area contributed by atoms with Crippen LogP contribution >= 0.6 is 0 Å². The molecule has 0 saturated carbocycles. The van der Waals surface area contributed by atoms with E-state index in [2.05, 4.69) is 21.4 Å². The van der Waals surface area contributed by atoms with Gasteiger partial charge in [0.1, 0.15) is 5.82 Å². The van der Waals surface area contributed by atoms with Gasteiger partial charge in [-0.15, -0.1) is 0 Å². The lowest BCUT2D eigenvalue weighted by molar-refractivity contribution is -0.128. The van der Waals surface area contributed by atoms with Crippen molar-refractivity contribution in [2.75, 3.05) is 27.2 Å². The first-order valence-electron chi connectivity index (χ1n) is 7.31. The van der Waals surface area contributed by atoms with Crippen molar-refractivity contribution in [3.05, 3.63) is 23.3 Å². The summed E-state index contributed by atoms with van der Waals surface area (Å²) in [7, 11) is 3.57. The summed E-state index contributed by atoms with van der Waals surface area (Å²) in [5, 5.41) is 3.42. The standard InChI is InChI=1S/C15H24N4O/c1-11-17-13(6-7-15(20)19(2)3)9-14(18-11)12-5-4-8-16-10-12/h9,12,16H,4-8,10H2,1-3H3. The Labute approximate surface area is 120 Å². The third-order valence-electron chi connectivity index (χ3n) is 3.72. The number of hydrogen-bond acceptors (Lipinski definition) is 4. The molecule has 1 aliphatic heterocycles. The number of amides is 1. The molecule has 1 fully saturated rings. The number of rotatable bonds is 4. The third-order valence-corrected chi connectivity index (χ3v) is 3.72. The normalized spacial score (nSPS) is 18.9. The molecule has 1 unspecified atom stereocenters. The molecule has 2 rings (SSSR count). The van der Waals surface area contributed by atoms with Crippen molar-refractivity contribution in [3.63, 3.8) is 0 Å². The van der Waals surface area contributed by atoms with Crippen molar-refractivity contribution >= 4 is 5.91 Å². The summed E-state index contributed by atoms with van der Waals surface area (Å²) >= 11 is 0. The summed E-state index contributed by atoms with van der Waals surface area (Å²) in [5.41, 5.74) is 2.10. The van der Waals surface area contributed by atoms with Gasteiger partial charge < -0.3 is 10.2 Å². The molecule has 1 saturated heterocycles. The van der Waals surface area contributed by atoms with Crippen LogP contribution in [0.3, 0.4) is 0 Å². The van der Waals surface area contributed by atoms with Crippen LogP contribution in [-0.4, -0.2) is 48.0 Å². The van der Waals surface area contributed by atoms with E-state index in [1.54, 1.807) is 19.0 Å². The summed E-state index contributed by atoms with van der Waals surface area (Å²) in [6, 6.07) is 2.08. The molecule has 1 N–H and O–H groups in total. The van der Waals surface area contributed by atoms with Gasteiger partial charge in [0.15, 0.2) is 0 Å². The number of carbonyl (C=O) groups excluding carboxylic acids is 1. The van der Waals surface area contributed by atoms with Crippen molar-refractivity contribution in [1.82, 2.24) is 20.2 Å². The van der Waals surface area contributed by atoms with E-state index in [9.17, 15) is 4.79 Å². The Balaban J connectivity index is 2.06.